The zero-order valence-corrected chi connectivity index (χ0v) is 12.0. The molecule has 1 nitrogen and oxygen atoms in total. The van der Waals surface area contributed by atoms with Crippen LogP contribution in [0.4, 0.5) is 0 Å². The highest BCUT2D eigenvalue weighted by atomic mass is 35.5. The second kappa shape index (κ2) is 5.56. The summed E-state index contributed by atoms with van der Waals surface area (Å²) in [5.41, 5.74) is 2.20. The molecule has 0 unspecified atom stereocenters. The second-order valence-electron chi connectivity index (χ2n) is 4.81. The minimum Gasteiger partial charge on any atom is -0.456 e. The fourth-order valence-electron chi connectivity index (χ4n) is 2.31. The van der Waals surface area contributed by atoms with Crippen LogP contribution in [0.3, 0.4) is 0 Å². The van der Waals surface area contributed by atoms with Crippen LogP contribution in [0.1, 0.15) is 11.1 Å². The van der Waals surface area contributed by atoms with Crippen LogP contribution in [0.2, 0.25) is 0 Å². The minimum atomic E-state index is 0.523. The van der Waals surface area contributed by atoms with E-state index in [1.807, 2.05) is 43.3 Å². The van der Waals surface area contributed by atoms with Crippen LogP contribution >= 0.6 is 11.6 Å². The summed E-state index contributed by atoms with van der Waals surface area (Å²) in [7, 11) is 0. The Morgan fingerprint density at radius 3 is 2.50 bits per heavy atom. The molecule has 0 heterocycles. The molecule has 2 heteroatoms. The number of halogens is 1. The third-order valence-corrected chi connectivity index (χ3v) is 3.67. The predicted molar refractivity (Wildman–Crippen MR) is 84.8 cm³/mol. The molecule has 3 rings (SSSR count). The number of hydrogen-bond acceptors (Lipinski definition) is 1. The third-order valence-electron chi connectivity index (χ3n) is 3.36. The number of fused-ring (bicyclic) bond motifs is 1. The Kier molecular flexibility index (Phi) is 3.62. The lowest BCUT2D eigenvalue weighted by molar-refractivity contribution is 0.484. The van der Waals surface area contributed by atoms with E-state index in [0.717, 1.165) is 28.0 Å². The maximum Gasteiger partial charge on any atom is 0.135 e. The third kappa shape index (κ3) is 2.50. The summed E-state index contributed by atoms with van der Waals surface area (Å²) in [6, 6.07) is 20.4. The molecule has 0 N–H and O–H groups in total. The molecule has 3 aromatic carbocycles. The smallest absolute Gasteiger partial charge is 0.135 e. The first-order valence-corrected chi connectivity index (χ1v) is 7.12. The highest BCUT2D eigenvalue weighted by Crippen LogP contribution is 2.31. The summed E-state index contributed by atoms with van der Waals surface area (Å²) in [6.07, 6.45) is 0. The molecule has 0 fully saturated rings. The minimum absolute atomic E-state index is 0.523. The topological polar surface area (TPSA) is 9.23 Å². The van der Waals surface area contributed by atoms with Gasteiger partial charge in [0.2, 0.25) is 0 Å². The van der Waals surface area contributed by atoms with Crippen LogP contribution in [0.5, 0.6) is 11.5 Å². The molecular weight excluding hydrogens is 268 g/mol. The van der Waals surface area contributed by atoms with Crippen LogP contribution in [0.25, 0.3) is 10.8 Å². The summed E-state index contributed by atoms with van der Waals surface area (Å²) in [5.74, 6) is 2.27. The van der Waals surface area contributed by atoms with E-state index in [1.165, 1.54) is 5.39 Å². The highest BCUT2D eigenvalue weighted by Gasteiger charge is 2.05. The molecule has 0 aliphatic carbocycles. The molecule has 0 radical (unpaired) electrons. The molecule has 0 amide bonds. The molecule has 20 heavy (non-hydrogen) atoms. The number of alkyl halides is 1. The van der Waals surface area contributed by atoms with Crippen molar-refractivity contribution in [1.82, 2.24) is 0 Å². The largest absolute Gasteiger partial charge is 0.456 e. The van der Waals surface area contributed by atoms with E-state index >= 15 is 0 Å². The van der Waals surface area contributed by atoms with Gasteiger partial charge in [-0.25, -0.2) is 0 Å². The average molecular weight is 283 g/mol. The van der Waals surface area contributed by atoms with Gasteiger partial charge in [0, 0.05) is 11.3 Å². The Morgan fingerprint density at radius 1 is 0.900 bits per heavy atom. The van der Waals surface area contributed by atoms with Crippen molar-refractivity contribution in [3.63, 3.8) is 0 Å². The van der Waals surface area contributed by atoms with Crippen LogP contribution < -0.4 is 4.74 Å². The molecular formula is C18H15ClO. The summed E-state index contributed by atoms with van der Waals surface area (Å²) in [5, 5.41) is 2.30. The van der Waals surface area contributed by atoms with E-state index in [9.17, 15) is 0 Å². The number of rotatable bonds is 3. The van der Waals surface area contributed by atoms with Gasteiger partial charge in [-0.05, 0) is 35.6 Å². The fraction of sp³-hybridized carbons (Fsp3) is 0.111. The summed E-state index contributed by atoms with van der Waals surface area (Å²) in [6.45, 7) is 2.04. The molecule has 0 saturated carbocycles. The van der Waals surface area contributed by atoms with Gasteiger partial charge in [-0.2, -0.15) is 0 Å². The first-order valence-electron chi connectivity index (χ1n) is 6.59. The van der Waals surface area contributed by atoms with Crippen molar-refractivity contribution in [2.75, 3.05) is 0 Å². The lowest BCUT2D eigenvalue weighted by Crippen LogP contribution is -1.90. The Hall–Kier alpha value is -1.99. The van der Waals surface area contributed by atoms with Crippen molar-refractivity contribution in [2.45, 2.75) is 12.8 Å². The number of benzene rings is 3. The molecule has 100 valence electrons. The van der Waals surface area contributed by atoms with E-state index in [0.29, 0.717) is 5.88 Å². The molecule has 0 saturated heterocycles. The van der Waals surface area contributed by atoms with Gasteiger partial charge in [-0.3, -0.25) is 0 Å². The average Bonchev–Trinajstić information content (AvgIpc) is 2.49. The lowest BCUT2D eigenvalue weighted by atomic mass is 10.1. The van der Waals surface area contributed by atoms with Crippen LogP contribution in [0.15, 0.2) is 60.7 Å². The van der Waals surface area contributed by atoms with E-state index < -0.39 is 0 Å². The first-order chi connectivity index (χ1) is 9.78. The Balaban J connectivity index is 2.01. The second-order valence-corrected chi connectivity index (χ2v) is 5.08. The summed E-state index contributed by atoms with van der Waals surface area (Å²) < 4.78 is 6.08. The van der Waals surface area contributed by atoms with E-state index in [-0.39, 0.29) is 0 Å². The summed E-state index contributed by atoms with van der Waals surface area (Å²) >= 11 is 5.85. The zero-order chi connectivity index (χ0) is 13.9. The molecule has 0 aliphatic heterocycles. The van der Waals surface area contributed by atoms with Crippen LogP contribution in [-0.2, 0) is 5.88 Å². The van der Waals surface area contributed by atoms with E-state index in [2.05, 4.69) is 24.3 Å². The number of ether oxygens (including phenoxy) is 1. The van der Waals surface area contributed by atoms with Crippen molar-refractivity contribution in [1.29, 1.82) is 0 Å². The van der Waals surface area contributed by atoms with Gasteiger partial charge < -0.3 is 4.74 Å². The fourth-order valence-corrected chi connectivity index (χ4v) is 2.48. The van der Waals surface area contributed by atoms with Gasteiger partial charge in [-0.15, -0.1) is 11.6 Å². The molecule has 3 aromatic rings. The van der Waals surface area contributed by atoms with Gasteiger partial charge in [0.1, 0.15) is 11.5 Å². The Bertz CT molecular complexity index is 744. The normalized spacial score (nSPS) is 10.7. The molecule has 0 bridgehead atoms. The van der Waals surface area contributed by atoms with Gasteiger partial charge >= 0.3 is 0 Å². The summed E-state index contributed by atoms with van der Waals surface area (Å²) in [4.78, 5) is 0. The van der Waals surface area contributed by atoms with Crippen molar-refractivity contribution >= 4 is 22.4 Å². The quantitative estimate of drug-likeness (QED) is 0.562. The molecule has 0 aliphatic rings. The lowest BCUT2D eigenvalue weighted by Gasteiger charge is -2.12. The monoisotopic (exact) mass is 282 g/mol. The SMILES string of the molecule is Cc1cc(CCl)ccc1Oc1cccc2ccccc12. The predicted octanol–water partition coefficient (Wildman–Crippen LogP) is 5.68. The molecule has 0 aromatic heterocycles. The molecule has 0 spiro atoms. The van der Waals surface area contributed by atoms with Gasteiger partial charge in [0.05, 0.1) is 0 Å². The van der Waals surface area contributed by atoms with Gasteiger partial charge in [0.15, 0.2) is 0 Å². The maximum atomic E-state index is 6.08. The Morgan fingerprint density at radius 2 is 1.70 bits per heavy atom. The van der Waals surface area contributed by atoms with Crippen molar-refractivity contribution in [3.8, 4) is 11.5 Å². The van der Waals surface area contributed by atoms with Crippen LogP contribution in [0, 0.1) is 6.92 Å². The van der Waals surface area contributed by atoms with Crippen molar-refractivity contribution < 1.29 is 4.74 Å². The Labute approximate surface area is 123 Å². The van der Waals surface area contributed by atoms with E-state index in [4.69, 9.17) is 16.3 Å². The number of aryl methyl sites for hydroxylation is 1. The van der Waals surface area contributed by atoms with Crippen molar-refractivity contribution in [2.24, 2.45) is 0 Å². The first kappa shape index (κ1) is 13.0. The highest BCUT2D eigenvalue weighted by molar-refractivity contribution is 6.17. The molecule has 0 atom stereocenters. The van der Waals surface area contributed by atoms with Crippen molar-refractivity contribution in [3.05, 3.63) is 71.8 Å². The number of hydrogen-bond donors (Lipinski definition) is 0. The van der Waals surface area contributed by atoms with Gasteiger partial charge in [0.25, 0.3) is 0 Å². The maximum absolute atomic E-state index is 6.08. The van der Waals surface area contributed by atoms with Crippen LogP contribution in [-0.4, -0.2) is 0 Å². The standard InChI is InChI=1S/C18H15ClO/c1-13-11-14(12-19)9-10-17(13)20-18-8-4-6-15-5-2-3-7-16(15)18/h2-11H,12H2,1H3. The van der Waals surface area contributed by atoms with E-state index in [1.54, 1.807) is 0 Å². The zero-order valence-electron chi connectivity index (χ0n) is 11.3. The van der Waals surface area contributed by atoms with Gasteiger partial charge in [-0.1, -0.05) is 48.5 Å².